The third-order valence-electron chi connectivity index (χ3n) is 3.98. The molecule has 0 spiro atoms. The number of carbonyl (C=O) groups is 1. The van der Waals surface area contributed by atoms with Crippen molar-refractivity contribution in [3.63, 3.8) is 0 Å². The zero-order valence-electron chi connectivity index (χ0n) is 13.6. The van der Waals surface area contributed by atoms with Crippen molar-refractivity contribution in [1.82, 2.24) is 9.55 Å². The molecule has 2 N–H and O–H groups in total. The standard InChI is InChI=1S/C15H19N3O6/c1-8(2)12(21)24-11-9(6-19)23-13(15(11,3)7-16)18-5-4-10(20)17-14(18)22/h4-5,8-9,11,13,19H,6H2,1-3H3,(H,17,20,22)/t9-,11-,13?,15-/m1/s1. The molecular weight excluding hydrogens is 318 g/mol. The van der Waals surface area contributed by atoms with Gasteiger partial charge in [-0.2, -0.15) is 5.26 Å². The maximum atomic E-state index is 12.0. The lowest BCUT2D eigenvalue weighted by Gasteiger charge is -2.29. The maximum Gasteiger partial charge on any atom is 0.330 e. The third kappa shape index (κ3) is 2.98. The number of nitrogens with one attached hydrogen (secondary N) is 1. The summed E-state index contributed by atoms with van der Waals surface area (Å²) in [7, 11) is 0. The van der Waals surface area contributed by atoms with Crippen LogP contribution in [0.25, 0.3) is 0 Å². The van der Waals surface area contributed by atoms with Crippen LogP contribution in [-0.4, -0.2) is 39.4 Å². The molecule has 130 valence electrons. The topological polar surface area (TPSA) is 134 Å². The summed E-state index contributed by atoms with van der Waals surface area (Å²) in [5.41, 5.74) is -2.78. The predicted molar refractivity (Wildman–Crippen MR) is 80.8 cm³/mol. The van der Waals surface area contributed by atoms with Crippen molar-refractivity contribution in [1.29, 1.82) is 5.26 Å². The average Bonchev–Trinajstić information content (AvgIpc) is 2.80. The van der Waals surface area contributed by atoms with Crippen LogP contribution in [0.5, 0.6) is 0 Å². The highest BCUT2D eigenvalue weighted by atomic mass is 16.6. The fraction of sp³-hybridized carbons (Fsp3) is 0.600. The lowest BCUT2D eigenvalue weighted by Crippen LogP contribution is -2.43. The van der Waals surface area contributed by atoms with E-state index >= 15 is 0 Å². The zero-order chi connectivity index (χ0) is 18.1. The Balaban J connectivity index is 2.47. The first kappa shape index (κ1) is 17.9. The van der Waals surface area contributed by atoms with Crippen molar-refractivity contribution in [2.24, 2.45) is 11.3 Å². The molecule has 4 atom stereocenters. The van der Waals surface area contributed by atoms with Gasteiger partial charge in [-0.15, -0.1) is 0 Å². The van der Waals surface area contributed by atoms with Crippen LogP contribution in [0.4, 0.5) is 0 Å². The van der Waals surface area contributed by atoms with Gasteiger partial charge < -0.3 is 14.6 Å². The lowest BCUT2D eigenvalue weighted by atomic mass is 9.83. The molecule has 0 radical (unpaired) electrons. The quantitative estimate of drug-likeness (QED) is 0.709. The van der Waals surface area contributed by atoms with Crippen LogP contribution in [0.2, 0.25) is 0 Å². The van der Waals surface area contributed by atoms with E-state index in [1.807, 2.05) is 6.07 Å². The van der Waals surface area contributed by atoms with Gasteiger partial charge in [0.15, 0.2) is 12.3 Å². The fourth-order valence-corrected chi connectivity index (χ4v) is 2.59. The van der Waals surface area contributed by atoms with Crippen molar-refractivity contribution in [3.8, 4) is 6.07 Å². The zero-order valence-corrected chi connectivity index (χ0v) is 13.6. The van der Waals surface area contributed by atoms with E-state index in [1.54, 1.807) is 13.8 Å². The van der Waals surface area contributed by atoms with Gasteiger partial charge in [0.1, 0.15) is 11.5 Å². The van der Waals surface area contributed by atoms with E-state index < -0.39 is 53.6 Å². The highest BCUT2D eigenvalue weighted by Crippen LogP contribution is 2.46. The van der Waals surface area contributed by atoms with Crippen LogP contribution in [0.1, 0.15) is 27.0 Å². The van der Waals surface area contributed by atoms with Gasteiger partial charge in [-0.1, -0.05) is 13.8 Å². The molecule has 1 unspecified atom stereocenters. The van der Waals surface area contributed by atoms with Gasteiger partial charge >= 0.3 is 11.7 Å². The summed E-state index contributed by atoms with van der Waals surface area (Å²) in [5.74, 6) is -0.972. The second-order valence-electron chi connectivity index (χ2n) is 6.13. The lowest BCUT2D eigenvalue weighted by molar-refractivity contribution is -0.159. The van der Waals surface area contributed by atoms with Crippen LogP contribution in [0, 0.1) is 22.7 Å². The van der Waals surface area contributed by atoms with E-state index in [1.165, 1.54) is 13.1 Å². The molecule has 0 amide bonds. The first-order chi connectivity index (χ1) is 11.2. The van der Waals surface area contributed by atoms with Gasteiger partial charge in [0.25, 0.3) is 5.56 Å². The molecule has 1 aromatic heterocycles. The number of aromatic amines is 1. The molecular formula is C15H19N3O6. The van der Waals surface area contributed by atoms with Crippen molar-refractivity contribution < 1.29 is 19.4 Å². The van der Waals surface area contributed by atoms with E-state index in [0.29, 0.717) is 0 Å². The number of rotatable bonds is 4. The summed E-state index contributed by atoms with van der Waals surface area (Å²) < 4.78 is 12.0. The molecule has 24 heavy (non-hydrogen) atoms. The normalized spacial score (nSPS) is 29.4. The molecule has 1 saturated heterocycles. The molecule has 1 aliphatic rings. The number of carbonyl (C=O) groups excluding carboxylic acids is 1. The number of hydrogen-bond donors (Lipinski definition) is 2. The van der Waals surface area contributed by atoms with Crippen LogP contribution in [0.3, 0.4) is 0 Å². The number of aliphatic hydroxyl groups excluding tert-OH is 1. The molecule has 9 heteroatoms. The van der Waals surface area contributed by atoms with Gasteiger partial charge in [-0.25, -0.2) is 4.79 Å². The minimum absolute atomic E-state index is 0.429. The minimum Gasteiger partial charge on any atom is -0.457 e. The summed E-state index contributed by atoms with van der Waals surface area (Å²) in [5, 5.41) is 19.2. The second kappa shape index (κ2) is 6.59. The number of aromatic nitrogens is 2. The summed E-state index contributed by atoms with van der Waals surface area (Å²) in [6.07, 6.45) is -1.97. The summed E-state index contributed by atoms with van der Waals surface area (Å²) in [6, 6.07) is 3.14. The number of hydrogen-bond acceptors (Lipinski definition) is 7. The predicted octanol–water partition coefficient (Wildman–Crippen LogP) is -0.476. The van der Waals surface area contributed by atoms with E-state index in [0.717, 1.165) is 10.6 Å². The Kier molecular flexibility index (Phi) is 4.91. The first-order valence-corrected chi connectivity index (χ1v) is 7.44. The van der Waals surface area contributed by atoms with Gasteiger partial charge in [-0.05, 0) is 6.92 Å². The number of H-pyrrole nitrogens is 1. The molecule has 0 saturated carbocycles. The number of nitriles is 1. The van der Waals surface area contributed by atoms with Crippen molar-refractivity contribution in [2.75, 3.05) is 6.61 Å². The molecule has 2 heterocycles. The van der Waals surface area contributed by atoms with E-state index in [9.17, 15) is 24.8 Å². The van der Waals surface area contributed by atoms with Crippen molar-refractivity contribution in [3.05, 3.63) is 33.1 Å². The molecule has 0 aliphatic carbocycles. The number of aliphatic hydroxyl groups is 1. The minimum atomic E-state index is -1.43. The highest BCUT2D eigenvalue weighted by molar-refractivity contribution is 5.71. The van der Waals surface area contributed by atoms with Gasteiger partial charge in [-0.3, -0.25) is 19.1 Å². The summed E-state index contributed by atoms with van der Waals surface area (Å²) >= 11 is 0. The molecule has 2 rings (SSSR count). The summed E-state index contributed by atoms with van der Waals surface area (Å²) in [6.45, 7) is 4.25. The molecule has 1 aliphatic heterocycles. The summed E-state index contributed by atoms with van der Waals surface area (Å²) in [4.78, 5) is 37.2. The average molecular weight is 337 g/mol. The van der Waals surface area contributed by atoms with Crippen LogP contribution < -0.4 is 11.2 Å². The van der Waals surface area contributed by atoms with Crippen molar-refractivity contribution in [2.45, 2.75) is 39.2 Å². The Morgan fingerprint density at radius 2 is 2.25 bits per heavy atom. The molecule has 0 bridgehead atoms. The molecule has 1 fully saturated rings. The molecule has 9 nitrogen and oxygen atoms in total. The van der Waals surface area contributed by atoms with Crippen molar-refractivity contribution >= 4 is 5.97 Å². The van der Waals surface area contributed by atoms with E-state index in [-0.39, 0.29) is 0 Å². The van der Waals surface area contributed by atoms with Gasteiger partial charge in [0.05, 0.1) is 18.6 Å². The Morgan fingerprint density at radius 3 is 2.75 bits per heavy atom. The van der Waals surface area contributed by atoms with Gasteiger partial charge in [0, 0.05) is 12.3 Å². The fourth-order valence-electron chi connectivity index (χ4n) is 2.59. The maximum absolute atomic E-state index is 12.0. The van der Waals surface area contributed by atoms with E-state index in [2.05, 4.69) is 4.98 Å². The Morgan fingerprint density at radius 1 is 1.58 bits per heavy atom. The number of nitrogens with zero attached hydrogens (tertiary/aromatic N) is 2. The Bertz CT molecular complexity index is 776. The van der Waals surface area contributed by atoms with E-state index in [4.69, 9.17) is 9.47 Å². The van der Waals surface area contributed by atoms with Gasteiger partial charge in [0.2, 0.25) is 0 Å². The smallest absolute Gasteiger partial charge is 0.330 e. The SMILES string of the molecule is CC(C)C(=O)O[C@@H]1[C@@H](CO)OC(n2ccc(=O)[nH]c2=O)[C@]1(C)C#N. The van der Waals surface area contributed by atoms with Crippen LogP contribution in [0.15, 0.2) is 21.9 Å². The van der Waals surface area contributed by atoms with Crippen LogP contribution in [-0.2, 0) is 14.3 Å². The Hall–Kier alpha value is -2.44. The highest BCUT2D eigenvalue weighted by Gasteiger charge is 2.57. The molecule has 1 aromatic rings. The largest absolute Gasteiger partial charge is 0.457 e. The van der Waals surface area contributed by atoms with Crippen LogP contribution >= 0.6 is 0 Å². The third-order valence-corrected chi connectivity index (χ3v) is 3.98. The second-order valence-corrected chi connectivity index (χ2v) is 6.13. The Labute approximate surface area is 137 Å². The molecule has 0 aromatic carbocycles. The first-order valence-electron chi connectivity index (χ1n) is 7.44. The number of ether oxygens (including phenoxy) is 2. The monoisotopic (exact) mass is 337 g/mol. The number of esters is 1.